The summed E-state index contributed by atoms with van der Waals surface area (Å²) >= 11 is 1.06. The van der Waals surface area contributed by atoms with E-state index in [2.05, 4.69) is 10.6 Å². The molecule has 94 valence electrons. The van der Waals surface area contributed by atoms with E-state index in [0.717, 1.165) is 16.7 Å². The van der Waals surface area contributed by atoms with Gasteiger partial charge in [0.25, 0.3) is 0 Å². The number of benzene rings is 1. The Bertz CT molecular complexity index is 465. The van der Waals surface area contributed by atoms with Crippen LogP contribution in [0.2, 0.25) is 0 Å². The van der Waals surface area contributed by atoms with Crippen LogP contribution in [0.15, 0.2) is 29.2 Å². The van der Waals surface area contributed by atoms with Crippen molar-refractivity contribution in [3.05, 3.63) is 24.3 Å². The first-order valence-electron chi connectivity index (χ1n) is 5.32. The molecule has 18 heavy (non-hydrogen) atoms. The van der Waals surface area contributed by atoms with Gasteiger partial charge in [-0.2, -0.15) is 5.26 Å². The number of amides is 2. The van der Waals surface area contributed by atoms with Crippen LogP contribution in [0.5, 0.6) is 0 Å². The Kier molecular flexibility index (Phi) is 5.74. The molecule has 0 atom stereocenters. The maximum absolute atomic E-state index is 11.4. The lowest BCUT2D eigenvalue weighted by atomic mass is 10.3. The quantitative estimate of drug-likeness (QED) is 0.631. The SMILES string of the molecule is CC(=O)CCNC(=O)Nc1ccc(SC#N)cc1. The number of hydrogen-bond acceptors (Lipinski definition) is 4. The van der Waals surface area contributed by atoms with Crippen molar-refractivity contribution < 1.29 is 9.59 Å². The first-order chi connectivity index (χ1) is 8.61. The molecule has 6 heteroatoms. The van der Waals surface area contributed by atoms with Crippen molar-refractivity contribution in [3.8, 4) is 5.40 Å². The lowest BCUT2D eigenvalue weighted by Crippen LogP contribution is -2.30. The largest absolute Gasteiger partial charge is 0.337 e. The third kappa shape index (κ3) is 5.37. The zero-order valence-electron chi connectivity index (χ0n) is 9.90. The van der Waals surface area contributed by atoms with Gasteiger partial charge in [-0.15, -0.1) is 0 Å². The molecule has 0 aromatic heterocycles. The number of hydrogen-bond donors (Lipinski definition) is 2. The number of nitrogens with zero attached hydrogens (tertiary/aromatic N) is 1. The topological polar surface area (TPSA) is 82.0 Å². The third-order valence-corrected chi connectivity index (χ3v) is 2.64. The van der Waals surface area contributed by atoms with Crippen molar-refractivity contribution in [2.24, 2.45) is 0 Å². The number of anilines is 1. The lowest BCUT2D eigenvalue weighted by molar-refractivity contribution is -0.116. The molecule has 0 unspecified atom stereocenters. The van der Waals surface area contributed by atoms with Crippen molar-refractivity contribution in [2.45, 2.75) is 18.2 Å². The number of carbonyl (C=O) groups excluding carboxylic acids is 2. The van der Waals surface area contributed by atoms with Gasteiger partial charge in [-0.1, -0.05) is 0 Å². The van der Waals surface area contributed by atoms with Gasteiger partial charge in [0.2, 0.25) is 0 Å². The van der Waals surface area contributed by atoms with E-state index in [-0.39, 0.29) is 11.8 Å². The summed E-state index contributed by atoms with van der Waals surface area (Å²) in [6, 6.07) is 6.57. The number of nitriles is 1. The Morgan fingerprint density at radius 2 is 2.00 bits per heavy atom. The molecule has 0 aliphatic heterocycles. The maximum atomic E-state index is 11.4. The normalized spacial score (nSPS) is 9.33. The monoisotopic (exact) mass is 263 g/mol. The number of Topliss-reactive ketones (excluding diaryl/α,β-unsaturated/α-hetero) is 1. The van der Waals surface area contributed by atoms with Gasteiger partial charge in [0.05, 0.1) is 0 Å². The molecule has 0 aliphatic rings. The highest BCUT2D eigenvalue weighted by Gasteiger charge is 2.02. The van der Waals surface area contributed by atoms with Crippen LogP contribution in [-0.4, -0.2) is 18.4 Å². The van der Waals surface area contributed by atoms with Gasteiger partial charge >= 0.3 is 6.03 Å². The van der Waals surface area contributed by atoms with Crippen molar-refractivity contribution in [2.75, 3.05) is 11.9 Å². The molecule has 0 heterocycles. The van der Waals surface area contributed by atoms with E-state index in [4.69, 9.17) is 5.26 Å². The Balaban J connectivity index is 2.40. The summed E-state index contributed by atoms with van der Waals surface area (Å²) < 4.78 is 0. The number of urea groups is 1. The summed E-state index contributed by atoms with van der Waals surface area (Å²) in [5.41, 5.74) is 0.637. The molecule has 0 fully saturated rings. The molecule has 0 saturated carbocycles. The molecule has 0 aliphatic carbocycles. The lowest BCUT2D eigenvalue weighted by Gasteiger charge is -2.06. The summed E-state index contributed by atoms with van der Waals surface area (Å²) in [6.45, 7) is 1.80. The van der Waals surface area contributed by atoms with E-state index in [0.29, 0.717) is 18.7 Å². The van der Waals surface area contributed by atoms with Crippen LogP contribution < -0.4 is 10.6 Å². The minimum atomic E-state index is -0.350. The van der Waals surface area contributed by atoms with Crippen molar-refractivity contribution in [1.82, 2.24) is 5.32 Å². The van der Waals surface area contributed by atoms with E-state index in [9.17, 15) is 9.59 Å². The van der Waals surface area contributed by atoms with Gasteiger partial charge in [-0.05, 0) is 43.0 Å². The van der Waals surface area contributed by atoms with Crippen LogP contribution in [0.1, 0.15) is 13.3 Å². The molecule has 0 radical (unpaired) electrons. The first-order valence-corrected chi connectivity index (χ1v) is 6.14. The zero-order valence-corrected chi connectivity index (χ0v) is 10.7. The summed E-state index contributed by atoms with van der Waals surface area (Å²) in [6.07, 6.45) is 0.325. The Morgan fingerprint density at radius 3 is 2.56 bits per heavy atom. The molecule has 0 saturated heterocycles. The second-order valence-corrected chi connectivity index (χ2v) is 4.41. The molecule has 0 bridgehead atoms. The predicted molar refractivity (Wildman–Crippen MR) is 70.2 cm³/mol. The van der Waals surface area contributed by atoms with Crippen molar-refractivity contribution in [1.29, 1.82) is 5.26 Å². The zero-order chi connectivity index (χ0) is 13.4. The van der Waals surface area contributed by atoms with Gasteiger partial charge in [-0.25, -0.2) is 4.79 Å². The number of carbonyl (C=O) groups is 2. The van der Waals surface area contributed by atoms with Crippen LogP contribution in [-0.2, 0) is 4.79 Å². The van der Waals surface area contributed by atoms with Crippen molar-refractivity contribution in [3.63, 3.8) is 0 Å². The summed E-state index contributed by atoms with van der Waals surface area (Å²) in [5, 5.41) is 15.7. The van der Waals surface area contributed by atoms with E-state index < -0.39 is 0 Å². The fourth-order valence-corrected chi connectivity index (χ4v) is 1.56. The van der Waals surface area contributed by atoms with Crippen molar-refractivity contribution >= 4 is 29.3 Å². The summed E-state index contributed by atoms with van der Waals surface area (Å²) in [5.74, 6) is 0.0354. The standard InChI is InChI=1S/C12H13N3O2S/c1-9(16)6-7-14-12(17)15-10-2-4-11(5-3-10)18-8-13/h2-5H,6-7H2,1H3,(H2,14,15,17). The molecule has 5 nitrogen and oxygen atoms in total. The number of rotatable bonds is 5. The van der Waals surface area contributed by atoms with Gasteiger partial charge in [-0.3, -0.25) is 4.79 Å². The minimum absolute atomic E-state index is 0.0354. The van der Waals surface area contributed by atoms with Crippen LogP contribution >= 0.6 is 11.8 Å². The maximum Gasteiger partial charge on any atom is 0.319 e. The fourth-order valence-electron chi connectivity index (χ4n) is 1.19. The van der Waals surface area contributed by atoms with Crippen LogP contribution in [0, 0.1) is 10.7 Å². The van der Waals surface area contributed by atoms with E-state index >= 15 is 0 Å². The van der Waals surface area contributed by atoms with Crippen LogP contribution in [0.3, 0.4) is 0 Å². The third-order valence-electron chi connectivity index (χ3n) is 2.04. The van der Waals surface area contributed by atoms with Gasteiger partial charge < -0.3 is 10.6 Å². The predicted octanol–water partition coefficient (Wildman–Crippen LogP) is 2.36. The van der Waals surface area contributed by atoms with Gasteiger partial charge in [0.15, 0.2) is 0 Å². The second-order valence-electron chi connectivity index (χ2n) is 3.55. The van der Waals surface area contributed by atoms with E-state index in [1.54, 1.807) is 24.3 Å². The fraction of sp³-hybridized carbons (Fsp3) is 0.250. The molecular weight excluding hydrogens is 250 g/mol. The molecule has 1 aromatic carbocycles. The summed E-state index contributed by atoms with van der Waals surface area (Å²) in [7, 11) is 0. The molecular formula is C12H13N3O2S. The van der Waals surface area contributed by atoms with Gasteiger partial charge in [0.1, 0.15) is 11.2 Å². The van der Waals surface area contributed by atoms with Crippen LogP contribution in [0.4, 0.5) is 10.5 Å². The van der Waals surface area contributed by atoms with E-state index in [1.165, 1.54) is 6.92 Å². The Morgan fingerprint density at radius 1 is 1.33 bits per heavy atom. The molecule has 1 rings (SSSR count). The smallest absolute Gasteiger partial charge is 0.319 e. The average molecular weight is 263 g/mol. The highest BCUT2D eigenvalue weighted by atomic mass is 32.2. The Hall–Kier alpha value is -2.00. The van der Waals surface area contributed by atoms with Gasteiger partial charge in [0, 0.05) is 23.5 Å². The molecule has 1 aromatic rings. The number of nitrogens with one attached hydrogen (secondary N) is 2. The number of thioether (sulfide) groups is 1. The van der Waals surface area contributed by atoms with E-state index in [1.807, 2.05) is 5.40 Å². The molecule has 2 amide bonds. The second kappa shape index (κ2) is 7.35. The highest BCUT2D eigenvalue weighted by Crippen LogP contribution is 2.18. The minimum Gasteiger partial charge on any atom is -0.337 e. The Labute approximate surface area is 110 Å². The average Bonchev–Trinajstić information content (AvgIpc) is 2.31. The van der Waals surface area contributed by atoms with Crippen LogP contribution in [0.25, 0.3) is 0 Å². The molecule has 2 N–H and O–H groups in total. The molecule has 0 spiro atoms. The first kappa shape index (κ1) is 14.1. The highest BCUT2D eigenvalue weighted by molar-refractivity contribution is 8.03. The summed E-state index contributed by atoms with van der Waals surface area (Å²) in [4.78, 5) is 22.9. The number of ketones is 1. The number of thiocyanates is 1.